The van der Waals surface area contributed by atoms with Crippen LogP contribution in [0.25, 0.3) is 0 Å². The zero-order valence-corrected chi connectivity index (χ0v) is 8.06. The molecule has 0 bridgehead atoms. The van der Waals surface area contributed by atoms with E-state index in [4.69, 9.17) is 4.74 Å². The maximum Gasteiger partial charge on any atom is 0.130 e. The smallest absolute Gasteiger partial charge is 0.130 e. The van der Waals surface area contributed by atoms with E-state index in [2.05, 4.69) is 4.90 Å². The first-order valence-corrected chi connectivity index (χ1v) is 5.15. The molecule has 0 amide bonds. The molecule has 0 spiro atoms. The maximum absolute atomic E-state index is 11.1. The standard InChI is InChI=1S/C7H15NO2S/c1-6-10-7(4-8(2)3)5-11(6)9/h6-7H,4-5H2,1-3H3/t6-,7+,11+/m0/s1. The molecule has 0 radical (unpaired) electrons. The highest BCUT2D eigenvalue weighted by Gasteiger charge is 2.28. The molecule has 0 saturated carbocycles. The second kappa shape index (κ2) is 3.65. The van der Waals surface area contributed by atoms with Gasteiger partial charge < -0.3 is 9.64 Å². The largest absolute Gasteiger partial charge is 0.360 e. The van der Waals surface area contributed by atoms with Crippen molar-refractivity contribution in [3.63, 3.8) is 0 Å². The van der Waals surface area contributed by atoms with E-state index < -0.39 is 10.8 Å². The molecule has 4 heteroatoms. The lowest BCUT2D eigenvalue weighted by molar-refractivity contribution is 0.0571. The molecule has 1 saturated heterocycles. The van der Waals surface area contributed by atoms with E-state index >= 15 is 0 Å². The lowest BCUT2D eigenvalue weighted by Gasteiger charge is -2.14. The van der Waals surface area contributed by atoms with Crippen molar-refractivity contribution in [2.75, 3.05) is 26.4 Å². The molecule has 0 aliphatic carbocycles. The van der Waals surface area contributed by atoms with Crippen molar-refractivity contribution in [1.82, 2.24) is 4.90 Å². The quantitative estimate of drug-likeness (QED) is 0.596. The number of likely N-dealkylation sites (N-methyl/N-ethyl adjacent to an activating group) is 1. The summed E-state index contributed by atoms with van der Waals surface area (Å²) in [4.78, 5) is 2.06. The summed E-state index contributed by atoms with van der Waals surface area (Å²) in [5, 5.41) is 0. The van der Waals surface area contributed by atoms with E-state index in [0.29, 0.717) is 5.75 Å². The minimum Gasteiger partial charge on any atom is -0.360 e. The molecule has 1 fully saturated rings. The molecule has 66 valence electrons. The Labute approximate surface area is 70.2 Å². The van der Waals surface area contributed by atoms with Crippen LogP contribution in [0.5, 0.6) is 0 Å². The molecule has 1 aliphatic heterocycles. The summed E-state index contributed by atoms with van der Waals surface area (Å²) in [7, 11) is 3.23. The third-order valence-corrected chi connectivity index (χ3v) is 3.23. The summed E-state index contributed by atoms with van der Waals surface area (Å²) in [6.45, 7) is 2.74. The van der Waals surface area contributed by atoms with Crippen LogP contribution in [-0.4, -0.2) is 47.0 Å². The van der Waals surface area contributed by atoms with E-state index in [9.17, 15) is 4.21 Å². The lowest BCUT2D eigenvalue weighted by Crippen LogP contribution is -2.27. The summed E-state index contributed by atoms with van der Waals surface area (Å²) in [5.41, 5.74) is -0.0695. The van der Waals surface area contributed by atoms with Gasteiger partial charge in [-0.2, -0.15) is 0 Å². The van der Waals surface area contributed by atoms with Gasteiger partial charge >= 0.3 is 0 Å². The van der Waals surface area contributed by atoms with Crippen LogP contribution in [0, 0.1) is 0 Å². The van der Waals surface area contributed by atoms with Gasteiger partial charge in [0.15, 0.2) is 0 Å². The molecule has 1 rings (SSSR count). The molecule has 0 aromatic carbocycles. The predicted molar refractivity (Wildman–Crippen MR) is 45.9 cm³/mol. The summed E-state index contributed by atoms with van der Waals surface area (Å²) < 4.78 is 16.6. The molecule has 1 heterocycles. The Bertz CT molecular complexity index is 161. The minimum absolute atomic E-state index is 0.0695. The maximum atomic E-state index is 11.1. The van der Waals surface area contributed by atoms with E-state index in [1.54, 1.807) is 0 Å². The van der Waals surface area contributed by atoms with Gasteiger partial charge in [-0.25, -0.2) is 0 Å². The number of rotatable bonds is 2. The molecular formula is C7H15NO2S. The van der Waals surface area contributed by atoms with E-state index in [1.165, 1.54) is 0 Å². The summed E-state index contributed by atoms with van der Waals surface area (Å²) in [6, 6.07) is 0. The van der Waals surface area contributed by atoms with Gasteiger partial charge in [-0.1, -0.05) is 0 Å². The average molecular weight is 177 g/mol. The van der Waals surface area contributed by atoms with Gasteiger partial charge in [0, 0.05) is 6.54 Å². The highest BCUT2D eigenvalue weighted by atomic mass is 32.2. The fourth-order valence-corrected chi connectivity index (χ4v) is 2.30. The Morgan fingerprint density at radius 1 is 1.64 bits per heavy atom. The van der Waals surface area contributed by atoms with Gasteiger partial charge in [-0.3, -0.25) is 4.21 Å². The SMILES string of the molecule is C[C@H]1O[C@H](CN(C)C)C[S@]1=O. The third kappa shape index (κ3) is 2.54. The van der Waals surface area contributed by atoms with Crippen LogP contribution < -0.4 is 0 Å². The summed E-state index contributed by atoms with van der Waals surface area (Å²) >= 11 is 0. The topological polar surface area (TPSA) is 29.5 Å². The zero-order chi connectivity index (χ0) is 8.43. The monoisotopic (exact) mass is 177 g/mol. The number of ether oxygens (including phenoxy) is 1. The van der Waals surface area contributed by atoms with Crippen LogP contribution >= 0.6 is 0 Å². The van der Waals surface area contributed by atoms with Gasteiger partial charge in [-0.15, -0.1) is 0 Å². The van der Waals surface area contributed by atoms with Crippen molar-refractivity contribution in [3.05, 3.63) is 0 Å². The molecule has 0 aromatic rings. The molecule has 0 aromatic heterocycles. The summed E-state index contributed by atoms with van der Waals surface area (Å²) in [6.07, 6.45) is 0.167. The van der Waals surface area contributed by atoms with E-state index in [-0.39, 0.29) is 11.5 Å². The molecule has 11 heavy (non-hydrogen) atoms. The fourth-order valence-electron chi connectivity index (χ4n) is 1.19. The number of hydrogen-bond acceptors (Lipinski definition) is 3. The van der Waals surface area contributed by atoms with Gasteiger partial charge in [0.25, 0.3) is 0 Å². The van der Waals surface area contributed by atoms with Crippen LogP contribution in [0.3, 0.4) is 0 Å². The van der Waals surface area contributed by atoms with Gasteiger partial charge in [0.1, 0.15) is 5.44 Å². The van der Waals surface area contributed by atoms with Crippen molar-refractivity contribution < 1.29 is 8.95 Å². The summed E-state index contributed by atoms with van der Waals surface area (Å²) in [5.74, 6) is 0.694. The first-order chi connectivity index (χ1) is 5.09. The first-order valence-electron chi connectivity index (χ1n) is 3.77. The average Bonchev–Trinajstić information content (AvgIpc) is 2.10. The minimum atomic E-state index is -0.763. The van der Waals surface area contributed by atoms with Crippen molar-refractivity contribution in [3.8, 4) is 0 Å². The molecule has 3 atom stereocenters. The number of hydrogen-bond donors (Lipinski definition) is 0. The third-order valence-electron chi connectivity index (χ3n) is 1.67. The van der Waals surface area contributed by atoms with Crippen molar-refractivity contribution >= 4 is 10.8 Å². The highest BCUT2D eigenvalue weighted by molar-refractivity contribution is 7.85. The second-order valence-electron chi connectivity index (χ2n) is 3.14. The van der Waals surface area contributed by atoms with Crippen molar-refractivity contribution in [1.29, 1.82) is 0 Å². The molecule has 1 aliphatic rings. The van der Waals surface area contributed by atoms with Gasteiger partial charge in [0.05, 0.1) is 22.7 Å². The van der Waals surface area contributed by atoms with Crippen molar-refractivity contribution in [2.24, 2.45) is 0 Å². The Balaban J connectivity index is 2.35. The Kier molecular flexibility index (Phi) is 3.04. The van der Waals surface area contributed by atoms with Crippen LogP contribution in [0.15, 0.2) is 0 Å². The molecular weight excluding hydrogens is 162 g/mol. The normalized spacial score (nSPS) is 38.4. The fraction of sp³-hybridized carbons (Fsp3) is 1.00. The molecule has 3 nitrogen and oxygen atoms in total. The highest BCUT2D eigenvalue weighted by Crippen LogP contribution is 2.14. The van der Waals surface area contributed by atoms with Crippen LogP contribution in [0.2, 0.25) is 0 Å². The van der Waals surface area contributed by atoms with Crippen LogP contribution in [0.1, 0.15) is 6.92 Å². The Hall–Kier alpha value is 0.0700. The van der Waals surface area contributed by atoms with Crippen molar-refractivity contribution in [2.45, 2.75) is 18.5 Å². The van der Waals surface area contributed by atoms with E-state index in [0.717, 1.165) is 6.54 Å². The molecule has 0 N–H and O–H groups in total. The van der Waals surface area contributed by atoms with Crippen LogP contribution in [-0.2, 0) is 15.5 Å². The Morgan fingerprint density at radius 3 is 2.64 bits per heavy atom. The second-order valence-corrected chi connectivity index (χ2v) is 4.89. The number of nitrogens with zero attached hydrogens (tertiary/aromatic N) is 1. The van der Waals surface area contributed by atoms with E-state index in [1.807, 2.05) is 21.0 Å². The predicted octanol–water partition coefficient (Wildman–Crippen LogP) is 0.0415. The van der Waals surface area contributed by atoms with Crippen LogP contribution in [0.4, 0.5) is 0 Å². The van der Waals surface area contributed by atoms with Gasteiger partial charge in [0.2, 0.25) is 0 Å². The van der Waals surface area contributed by atoms with Gasteiger partial charge in [-0.05, 0) is 21.0 Å². The first kappa shape index (κ1) is 9.16. The lowest BCUT2D eigenvalue weighted by atomic mass is 10.4. The Morgan fingerprint density at radius 2 is 2.27 bits per heavy atom. The molecule has 0 unspecified atom stereocenters. The zero-order valence-electron chi connectivity index (χ0n) is 7.24.